The van der Waals surface area contributed by atoms with Gasteiger partial charge >= 0.3 is 5.69 Å². The highest BCUT2D eigenvalue weighted by atomic mass is 16.2. The molecule has 1 amide bonds. The van der Waals surface area contributed by atoms with E-state index in [0.717, 1.165) is 38.9 Å². The molecule has 36 heavy (non-hydrogen) atoms. The van der Waals surface area contributed by atoms with E-state index in [4.69, 9.17) is 0 Å². The van der Waals surface area contributed by atoms with Crippen LogP contribution in [0, 0.1) is 0 Å². The molecule has 1 fully saturated rings. The zero-order valence-electron chi connectivity index (χ0n) is 20.0. The van der Waals surface area contributed by atoms with Crippen molar-refractivity contribution in [1.29, 1.82) is 0 Å². The van der Waals surface area contributed by atoms with E-state index in [-0.39, 0.29) is 18.1 Å². The minimum absolute atomic E-state index is 0.0364. The summed E-state index contributed by atoms with van der Waals surface area (Å²) in [7, 11) is 1.73. The molecule has 0 aliphatic carbocycles. The smallest absolute Gasteiger partial charge is 0.329 e. The number of piperazine rings is 1. The molecule has 180 valence electrons. The van der Waals surface area contributed by atoms with Crippen molar-refractivity contribution in [1.82, 2.24) is 24.2 Å². The minimum atomic E-state index is -0.177. The highest BCUT2D eigenvalue weighted by Crippen LogP contribution is 2.31. The number of carbonyl (C=O) groups is 1. The van der Waals surface area contributed by atoms with Crippen LogP contribution in [0.25, 0.3) is 33.1 Å². The first-order valence-corrected chi connectivity index (χ1v) is 12.1. The lowest BCUT2D eigenvalue weighted by Crippen LogP contribution is -2.50. The van der Waals surface area contributed by atoms with Gasteiger partial charge in [0.2, 0.25) is 5.91 Å². The Balaban J connectivity index is 1.21. The molecule has 3 heterocycles. The van der Waals surface area contributed by atoms with Gasteiger partial charge in [0.1, 0.15) is 12.2 Å². The van der Waals surface area contributed by atoms with Gasteiger partial charge in [0.15, 0.2) is 5.82 Å². The van der Waals surface area contributed by atoms with E-state index >= 15 is 0 Å². The number of carbonyl (C=O) groups excluding carboxylic acids is 1. The highest BCUT2D eigenvalue weighted by Gasteiger charge is 2.25. The summed E-state index contributed by atoms with van der Waals surface area (Å²) in [6, 6.07) is 25.8. The predicted octanol–water partition coefficient (Wildman–Crippen LogP) is 3.30. The summed E-state index contributed by atoms with van der Waals surface area (Å²) in [4.78, 5) is 29.9. The maximum absolute atomic E-state index is 13.1. The van der Waals surface area contributed by atoms with Crippen molar-refractivity contribution in [3.63, 3.8) is 0 Å². The van der Waals surface area contributed by atoms with Crippen molar-refractivity contribution in [2.45, 2.75) is 6.54 Å². The SMILES string of the molecule is Cn1c(=O)n(CC(=O)N2CCN(c3nnc(-c4ccccc4)c4ccccc34)CC2)c2ccccc21. The fourth-order valence-electron chi connectivity index (χ4n) is 5.05. The van der Waals surface area contributed by atoms with Crippen molar-refractivity contribution in [3.8, 4) is 11.3 Å². The molecule has 0 radical (unpaired) electrons. The summed E-state index contributed by atoms with van der Waals surface area (Å²) in [6.45, 7) is 2.47. The Bertz CT molecular complexity index is 1630. The van der Waals surface area contributed by atoms with Gasteiger partial charge in [-0.1, -0.05) is 66.7 Å². The van der Waals surface area contributed by atoms with Crippen LogP contribution < -0.4 is 10.6 Å². The van der Waals surface area contributed by atoms with Crippen LogP contribution in [0.5, 0.6) is 0 Å². The molecule has 2 aromatic heterocycles. The van der Waals surface area contributed by atoms with Crippen LogP contribution >= 0.6 is 0 Å². The number of nitrogens with zero attached hydrogens (tertiary/aromatic N) is 6. The number of amides is 1. The Morgan fingerprint density at radius 3 is 2.17 bits per heavy atom. The molecule has 1 aliphatic heterocycles. The van der Waals surface area contributed by atoms with Crippen LogP contribution in [-0.4, -0.2) is 56.3 Å². The first-order chi connectivity index (χ1) is 17.6. The molecule has 1 saturated heterocycles. The van der Waals surface area contributed by atoms with Gasteiger partial charge in [-0.3, -0.25) is 13.9 Å². The molecule has 0 atom stereocenters. The number of benzene rings is 3. The van der Waals surface area contributed by atoms with E-state index in [1.165, 1.54) is 0 Å². The number of hydrogen-bond acceptors (Lipinski definition) is 5. The molecule has 0 bridgehead atoms. The number of fused-ring (bicyclic) bond motifs is 2. The number of hydrogen-bond donors (Lipinski definition) is 0. The molecule has 8 nitrogen and oxygen atoms in total. The Hall–Kier alpha value is -4.46. The Kier molecular flexibility index (Phi) is 5.48. The number of imidazole rings is 1. The van der Waals surface area contributed by atoms with Crippen molar-refractivity contribution >= 4 is 33.5 Å². The lowest BCUT2D eigenvalue weighted by atomic mass is 10.0. The normalized spacial score (nSPS) is 14.0. The summed E-state index contributed by atoms with van der Waals surface area (Å²) in [5.74, 6) is 0.783. The van der Waals surface area contributed by atoms with Crippen LogP contribution in [0.15, 0.2) is 83.7 Å². The molecule has 0 N–H and O–H groups in total. The van der Waals surface area contributed by atoms with Gasteiger partial charge in [-0.05, 0) is 12.1 Å². The van der Waals surface area contributed by atoms with E-state index in [0.29, 0.717) is 26.2 Å². The monoisotopic (exact) mass is 478 g/mol. The second-order valence-corrected chi connectivity index (χ2v) is 9.07. The summed E-state index contributed by atoms with van der Waals surface area (Å²) in [5.41, 5.74) is 3.32. The van der Waals surface area contributed by atoms with Crippen molar-refractivity contribution in [3.05, 3.63) is 89.3 Å². The number of aromatic nitrogens is 4. The van der Waals surface area contributed by atoms with Gasteiger partial charge in [0, 0.05) is 49.6 Å². The number of anilines is 1. The van der Waals surface area contributed by atoms with Gasteiger partial charge < -0.3 is 9.80 Å². The summed E-state index contributed by atoms with van der Waals surface area (Å²) in [6.07, 6.45) is 0. The van der Waals surface area contributed by atoms with Gasteiger partial charge in [0.25, 0.3) is 0 Å². The zero-order valence-corrected chi connectivity index (χ0v) is 20.0. The molecule has 3 aromatic carbocycles. The van der Waals surface area contributed by atoms with Gasteiger partial charge in [-0.25, -0.2) is 4.79 Å². The second kappa shape index (κ2) is 8.96. The highest BCUT2D eigenvalue weighted by molar-refractivity contribution is 6.00. The lowest BCUT2D eigenvalue weighted by molar-refractivity contribution is -0.132. The number of para-hydroxylation sites is 2. The van der Waals surface area contributed by atoms with Crippen molar-refractivity contribution in [2.24, 2.45) is 7.05 Å². The van der Waals surface area contributed by atoms with Crippen molar-refractivity contribution in [2.75, 3.05) is 31.1 Å². The number of rotatable bonds is 4. The van der Waals surface area contributed by atoms with E-state index < -0.39 is 0 Å². The average Bonchev–Trinajstić information content (AvgIpc) is 3.18. The topological polar surface area (TPSA) is 76.3 Å². The molecule has 0 saturated carbocycles. The standard InChI is InChI=1S/C28H26N6O2/c1-31-23-13-7-8-14-24(23)34(28(31)36)19-25(35)32-15-17-33(18-16-32)27-22-12-6-5-11-21(22)26(29-30-27)20-9-3-2-4-10-20/h2-14H,15-19H2,1H3. The molecule has 8 heteroatoms. The van der Waals surface area contributed by atoms with Gasteiger partial charge in [-0.15, -0.1) is 10.2 Å². The summed E-state index contributed by atoms with van der Waals surface area (Å²) < 4.78 is 3.15. The zero-order chi connectivity index (χ0) is 24.6. The third kappa shape index (κ3) is 3.71. The predicted molar refractivity (Wildman–Crippen MR) is 141 cm³/mol. The molecule has 6 rings (SSSR count). The third-order valence-electron chi connectivity index (χ3n) is 6.99. The van der Waals surface area contributed by atoms with E-state index in [1.807, 2.05) is 71.6 Å². The van der Waals surface area contributed by atoms with Crippen LogP contribution in [0.2, 0.25) is 0 Å². The Morgan fingerprint density at radius 1 is 0.778 bits per heavy atom. The summed E-state index contributed by atoms with van der Waals surface area (Å²) >= 11 is 0. The van der Waals surface area contributed by atoms with E-state index in [1.54, 1.807) is 16.2 Å². The van der Waals surface area contributed by atoms with Crippen LogP contribution in [0.1, 0.15) is 0 Å². The molecule has 0 spiro atoms. The fourth-order valence-corrected chi connectivity index (χ4v) is 5.05. The van der Waals surface area contributed by atoms with Crippen LogP contribution in [0.3, 0.4) is 0 Å². The van der Waals surface area contributed by atoms with E-state index in [2.05, 4.69) is 27.2 Å². The van der Waals surface area contributed by atoms with Crippen molar-refractivity contribution < 1.29 is 4.79 Å². The van der Waals surface area contributed by atoms with E-state index in [9.17, 15) is 9.59 Å². The fraction of sp³-hybridized carbons (Fsp3) is 0.214. The van der Waals surface area contributed by atoms with Crippen LogP contribution in [-0.2, 0) is 18.4 Å². The third-order valence-corrected chi connectivity index (χ3v) is 6.99. The lowest BCUT2D eigenvalue weighted by Gasteiger charge is -2.35. The molecule has 1 aliphatic rings. The second-order valence-electron chi connectivity index (χ2n) is 9.07. The van der Waals surface area contributed by atoms with Crippen LogP contribution in [0.4, 0.5) is 5.82 Å². The molecule has 5 aromatic rings. The first kappa shape index (κ1) is 22.0. The largest absolute Gasteiger partial charge is 0.351 e. The van der Waals surface area contributed by atoms with Gasteiger partial charge in [0.05, 0.1) is 11.0 Å². The quantitative estimate of drug-likeness (QED) is 0.396. The Morgan fingerprint density at radius 2 is 1.42 bits per heavy atom. The van der Waals surface area contributed by atoms with Gasteiger partial charge in [-0.2, -0.15) is 0 Å². The maximum atomic E-state index is 13.1. The number of aryl methyl sites for hydroxylation is 1. The average molecular weight is 479 g/mol. The Labute approximate surface area is 208 Å². The summed E-state index contributed by atoms with van der Waals surface area (Å²) in [5, 5.41) is 11.3. The molecule has 0 unspecified atom stereocenters. The maximum Gasteiger partial charge on any atom is 0.329 e. The molecular weight excluding hydrogens is 452 g/mol. The minimum Gasteiger partial charge on any atom is -0.351 e. The molecular formula is C28H26N6O2. The first-order valence-electron chi connectivity index (χ1n) is 12.1.